The van der Waals surface area contributed by atoms with Crippen molar-refractivity contribution in [3.8, 4) is 5.75 Å². The Kier molecular flexibility index (Phi) is 5.17. The van der Waals surface area contributed by atoms with E-state index in [9.17, 15) is 0 Å². The van der Waals surface area contributed by atoms with Gasteiger partial charge in [0.05, 0.1) is 6.61 Å². The standard InChI is InChI=1S/C15H26N2O/c1-7-18-13-10-8-9-12(11-13)14(16-4)15(2,3)17(5)6/h8-11,14,16H,7H2,1-6H3. The predicted molar refractivity (Wildman–Crippen MR) is 77.2 cm³/mol. The van der Waals surface area contributed by atoms with Crippen LogP contribution in [0, 0.1) is 0 Å². The average Bonchev–Trinajstić information content (AvgIpc) is 2.30. The van der Waals surface area contributed by atoms with Gasteiger partial charge in [-0.15, -0.1) is 0 Å². The summed E-state index contributed by atoms with van der Waals surface area (Å²) in [4.78, 5) is 2.24. The third kappa shape index (κ3) is 3.24. The number of hydrogen-bond acceptors (Lipinski definition) is 3. The van der Waals surface area contributed by atoms with Crippen LogP contribution in [0.4, 0.5) is 0 Å². The van der Waals surface area contributed by atoms with Gasteiger partial charge < -0.3 is 15.0 Å². The van der Waals surface area contributed by atoms with E-state index in [0.717, 1.165) is 5.75 Å². The van der Waals surface area contributed by atoms with Crippen LogP contribution in [0.2, 0.25) is 0 Å². The van der Waals surface area contributed by atoms with E-state index in [1.54, 1.807) is 0 Å². The summed E-state index contributed by atoms with van der Waals surface area (Å²) in [5.74, 6) is 0.935. The van der Waals surface area contributed by atoms with Gasteiger partial charge in [-0.1, -0.05) is 12.1 Å². The van der Waals surface area contributed by atoms with Gasteiger partial charge >= 0.3 is 0 Å². The maximum atomic E-state index is 5.57. The molecule has 1 atom stereocenters. The van der Waals surface area contributed by atoms with E-state index in [2.05, 4.69) is 56.4 Å². The van der Waals surface area contributed by atoms with Gasteiger partial charge in [-0.2, -0.15) is 0 Å². The molecule has 0 radical (unpaired) electrons. The van der Waals surface area contributed by atoms with Crippen LogP contribution < -0.4 is 10.1 Å². The van der Waals surface area contributed by atoms with Crippen LogP contribution in [0.25, 0.3) is 0 Å². The lowest BCUT2D eigenvalue weighted by Crippen LogP contribution is -2.48. The van der Waals surface area contributed by atoms with Crippen molar-refractivity contribution in [3.05, 3.63) is 29.8 Å². The lowest BCUT2D eigenvalue weighted by molar-refractivity contribution is 0.142. The molecule has 3 nitrogen and oxygen atoms in total. The summed E-state index contributed by atoms with van der Waals surface area (Å²) < 4.78 is 5.57. The second-order valence-electron chi connectivity index (χ2n) is 5.28. The van der Waals surface area contributed by atoms with Crippen LogP contribution in [0.15, 0.2) is 24.3 Å². The van der Waals surface area contributed by atoms with Gasteiger partial charge in [0.2, 0.25) is 0 Å². The summed E-state index contributed by atoms with van der Waals surface area (Å²) in [6.07, 6.45) is 0. The molecule has 0 bridgehead atoms. The zero-order valence-electron chi connectivity index (χ0n) is 12.4. The second-order valence-corrected chi connectivity index (χ2v) is 5.28. The maximum Gasteiger partial charge on any atom is 0.119 e. The molecule has 1 N–H and O–H groups in total. The Balaban J connectivity index is 3.05. The normalized spacial score (nSPS) is 13.7. The number of hydrogen-bond donors (Lipinski definition) is 1. The average molecular weight is 250 g/mol. The molecule has 1 aromatic carbocycles. The zero-order chi connectivity index (χ0) is 13.8. The SMILES string of the molecule is CCOc1cccc(C(NC)C(C)(C)N(C)C)c1. The maximum absolute atomic E-state index is 5.57. The number of ether oxygens (including phenoxy) is 1. The van der Waals surface area contributed by atoms with Crippen molar-refractivity contribution in [1.82, 2.24) is 10.2 Å². The lowest BCUT2D eigenvalue weighted by Gasteiger charge is -2.40. The smallest absolute Gasteiger partial charge is 0.119 e. The molecule has 1 aromatic rings. The summed E-state index contributed by atoms with van der Waals surface area (Å²) in [5.41, 5.74) is 1.28. The minimum absolute atomic E-state index is 0.0274. The van der Waals surface area contributed by atoms with Crippen molar-refractivity contribution in [1.29, 1.82) is 0 Å². The molecule has 0 aliphatic carbocycles. The Labute approximate surface area is 111 Å². The van der Waals surface area contributed by atoms with Crippen molar-refractivity contribution in [2.75, 3.05) is 27.7 Å². The molecule has 0 fully saturated rings. The van der Waals surface area contributed by atoms with Crippen molar-refractivity contribution >= 4 is 0 Å². The quantitative estimate of drug-likeness (QED) is 0.840. The summed E-state index contributed by atoms with van der Waals surface area (Å²) in [5, 5.41) is 3.41. The number of likely N-dealkylation sites (N-methyl/N-ethyl adjacent to an activating group) is 2. The molecule has 102 valence electrons. The molecule has 0 aliphatic heterocycles. The molecule has 0 spiro atoms. The highest BCUT2D eigenvalue weighted by atomic mass is 16.5. The molecule has 18 heavy (non-hydrogen) atoms. The largest absolute Gasteiger partial charge is 0.494 e. The van der Waals surface area contributed by atoms with Gasteiger partial charge in [0.15, 0.2) is 0 Å². The van der Waals surface area contributed by atoms with Gasteiger partial charge in [0.25, 0.3) is 0 Å². The molecule has 0 aliphatic rings. The zero-order valence-corrected chi connectivity index (χ0v) is 12.4. The summed E-state index contributed by atoms with van der Waals surface area (Å²) in [7, 11) is 6.22. The Bertz CT molecular complexity index is 375. The van der Waals surface area contributed by atoms with Crippen LogP contribution >= 0.6 is 0 Å². The van der Waals surface area contributed by atoms with Crippen molar-refractivity contribution in [2.45, 2.75) is 32.4 Å². The summed E-state index contributed by atoms with van der Waals surface area (Å²) in [6.45, 7) is 7.18. The second kappa shape index (κ2) is 6.21. The Morgan fingerprint density at radius 1 is 1.33 bits per heavy atom. The van der Waals surface area contributed by atoms with E-state index in [1.165, 1.54) is 5.56 Å². The van der Waals surface area contributed by atoms with E-state index in [4.69, 9.17) is 4.74 Å². The van der Waals surface area contributed by atoms with Crippen LogP contribution in [0.5, 0.6) is 5.75 Å². The third-order valence-electron chi connectivity index (χ3n) is 3.65. The van der Waals surface area contributed by atoms with Crippen molar-refractivity contribution < 1.29 is 4.74 Å². The van der Waals surface area contributed by atoms with Crippen molar-refractivity contribution in [2.24, 2.45) is 0 Å². The molecular weight excluding hydrogens is 224 g/mol. The minimum atomic E-state index is 0.0274. The fourth-order valence-corrected chi connectivity index (χ4v) is 2.14. The number of nitrogens with one attached hydrogen (secondary N) is 1. The molecule has 1 rings (SSSR count). The van der Waals surface area contributed by atoms with E-state index in [1.807, 2.05) is 20.0 Å². The fraction of sp³-hybridized carbons (Fsp3) is 0.600. The molecule has 0 heterocycles. The Morgan fingerprint density at radius 2 is 2.00 bits per heavy atom. The highest BCUT2D eigenvalue weighted by Crippen LogP contribution is 2.30. The highest BCUT2D eigenvalue weighted by molar-refractivity contribution is 5.32. The van der Waals surface area contributed by atoms with Gasteiger partial charge in [-0.25, -0.2) is 0 Å². The number of nitrogens with zero attached hydrogens (tertiary/aromatic N) is 1. The molecule has 0 saturated heterocycles. The summed E-state index contributed by atoms with van der Waals surface area (Å²) in [6, 6.07) is 8.58. The van der Waals surface area contributed by atoms with Gasteiger partial charge in [-0.05, 0) is 59.6 Å². The molecule has 1 unspecified atom stereocenters. The number of rotatable bonds is 6. The predicted octanol–water partition coefficient (Wildman–Crippen LogP) is 2.69. The minimum Gasteiger partial charge on any atom is -0.494 e. The van der Waals surface area contributed by atoms with Crippen LogP contribution in [-0.2, 0) is 0 Å². The first-order valence-corrected chi connectivity index (χ1v) is 6.51. The topological polar surface area (TPSA) is 24.5 Å². The molecular formula is C15H26N2O. The first-order valence-electron chi connectivity index (χ1n) is 6.51. The molecule has 0 aromatic heterocycles. The van der Waals surface area contributed by atoms with Gasteiger partial charge in [-0.3, -0.25) is 0 Å². The first-order chi connectivity index (χ1) is 8.43. The number of benzene rings is 1. The molecule has 0 amide bonds. The first kappa shape index (κ1) is 15.0. The van der Waals surface area contributed by atoms with E-state index >= 15 is 0 Å². The summed E-state index contributed by atoms with van der Waals surface area (Å²) >= 11 is 0. The van der Waals surface area contributed by atoms with Gasteiger partial charge in [0.1, 0.15) is 5.75 Å². The van der Waals surface area contributed by atoms with Gasteiger partial charge in [0, 0.05) is 11.6 Å². The van der Waals surface area contributed by atoms with Crippen LogP contribution in [0.1, 0.15) is 32.4 Å². The molecule has 3 heteroatoms. The Hall–Kier alpha value is -1.06. The van der Waals surface area contributed by atoms with Crippen LogP contribution in [0.3, 0.4) is 0 Å². The highest BCUT2D eigenvalue weighted by Gasteiger charge is 2.31. The van der Waals surface area contributed by atoms with Crippen molar-refractivity contribution in [3.63, 3.8) is 0 Å². The van der Waals surface area contributed by atoms with E-state index in [0.29, 0.717) is 6.61 Å². The third-order valence-corrected chi connectivity index (χ3v) is 3.65. The van der Waals surface area contributed by atoms with E-state index < -0.39 is 0 Å². The van der Waals surface area contributed by atoms with E-state index in [-0.39, 0.29) is 11.6 Å². The van der Waals surface area contributed by atoms with Crippen LogP contribution in [-0.4, -0.2) is 38.2 Å². The molecule has 0 saturated carbocycles. The fourth-order valence-electron chi connectivity index (χ4n) is 2.14. The monoisotopic (exact) mass is 250 g/mol. The Morgan fingerprint density at radius 3 is 2.50 bits per heavy atom. The lowest BCUT2D eigenvalue weighted by atomic mass is 9.87.